The molecule has 0 bridgehead atoms. The van der Waals surface area contributed by atoms with Crippen molar-refractivity contribution in [3.05, 3.63) is 89.0 Å². The molecule has 33 heavy (non-hydrogen) atoms. The molecule has 7 heteroatoms. The zero-order valence-corrected chi connectivity index (χ0v) is 18.6. The maximum absolute atomic E-state index is 12.3. The normalized spacial score (nSPS) is 10.5. The van der Waals surface area contributed by atoms with Crippen LogP contribution in [0, 0.1) is 11.3 Å². The Hall–Kier alpha value is -4.31. The molecule has 0 saturated heterocycles. The Morgan fingerprint density at radius 3 is 2.61 bits per heavy atom. The number of methoxy groups -OCH3 is 1. The van der Waals surface area contributed by atoms with Crippen molar-refractivity contribution in [2.24, 2.45) is 5.10 Å². The van der Waals surface area contributed by atoms with Crippen LogP contribution in [0.5, 0.6) is 17.2 Å². The van der Waals surface area contributed by atoms with E-state index in [4.69, 9.17) is 19.5 Å². The Morgan fingerprint density at radius 2 is 1.88 bits per heavy atom. The minimum atomic E-state index is -0.320. The van der Waals surface area contributed by atoms with Gasteiger partial charge in [0, 0.05) is 5.56 Å². The summed E-state index contributed by atoms with van der Waals surface area (Å²) in [5.74, 6) is 1.50. The molecule has 0 saturated carbocycles. The average Bonchev–Trinajstić information content (AvgIpc) is 2.86. The fraction of sp³-hybridized carbons (Fsp3) is 0.192. The summed E-state index contributed by atoms with van der Waals surface area (Å²) in [5.41, 5.74) is 5.19. The van der Waals surface area contributed by atoms with Gasteiger partial charge in [-0.25, -0.2) is 5.43 Å². The van der Waals surface area contributed by atoms with Gasteiger partial charge in [0.2, 0.25) is 0 Å². The second-order valence-electron chi connectivity index (χ2n) is 7.08. The highest BCUT2D eigenvalue weighted by Crippen LogP contribution is 2.28. The van der Waals surface area contributed by atoms with Gasteiger partial charge >= 0.3 is 0 Å². The van der Waals surface area contributed by atoms with Gasteiger partial charge in [-0.15, -0.1) is 0 Å². The quantitative estimate of drug-likeness (QED) is 0.362. The van der Waals surface area contributed by atoms with Gasteiger partial charge in [0.25, 0.3) is 5.91 Å². The van der Waals surface area contributed by atoms with E-state index in [1.807, 2.05) is 19.1 Å². The summed E-state index contributed by atoms with van der Waals surface area (Å²) in [6, 6.07) is 21.6. The van der Waals surface area contributed by atoms with E-state index in [9.17, 15) is 4.79 Å². The molecule has 0 radical (unpaired) electrons. The van der Waals surface area contributed by atoms with Gasteiger partial charge in [-0.3, -0.25) is 4.79 Å². The molecule has 7 nitrogen and oxygen atoms in total. The van der Waals surface area contributed by atoms with Gasteiger partial charge in [0.05, 0.1) is 31.6 Å². The van der Waals surface area contributed by atoms with Crippen LogP contribution in [0.15, 0.2) is 71.8 Å². The molecule has 0 unspecified atom stereocenters. The van der Waals surface area contributed by atoms with Crippen LogP contribution in [0.25, 0.3) is 0 Å². The maximum atomic E-state index is 12.3. The molecular formula is C26H25N3O4. The van der Waals surface area contributed by atoms with Crippen molar-refractivity contribution < 1.29 is 19.0 Å². The Kier molecular flexibility index (Phi) is 8.43. The number of hydrogen-bond donors (Lipinski definition) is 1. The smallest absolute Gasteiger partial charge is 0.271 e. The SMILES string of the molecule is CCCOc1ccc(C(=O)N/N=C/c2ccc(OCc3cccc(C#N)c3)c(OC)c2)cc1. The van der Waals surface area contributed by atoms with Gasteiger partial charge in [0.15, 0.2) is 11.5 Å². The lowest BCUT2D eigenvalue weighted by atomic mass is 10.1. The Labute approximate surface area is 193 Å². The number of benzene rings is 3. The second kappa shape index (κ2) is 11.9. The molecule has 168 valence electrons. The lowest BCUT2D eigenvalue weighted by Crippen LogP contribution is -2.17. The van der Waals surface area contributed by atoms with Crippen molar-refractivity contribution in [2.45, 2.75) is 20.0 Å². The van der Waals surface area contributed by atoms with E-state index in [0.717, 1.165) is 23.3 Å². The van der Waals surface area contributed by atoms with E-state index in [0.29, 0.717) is 35.8 Å². The molecule has 0 aliphatic carbocycles. The number of rotatable bonds is 10. The van der Waals surface area contributed by atoms with Crippen LogP contribution < -0.4 is 19.6 Å². The van der Waals surface area contributed by atoms with Crippen molar-refractivity contribution in [3.63, 3.8) is 0 Å². The minimum absolute atomic E-state index is 0.303. The Morgan fingerprint density at radius 1 is 1.06 bits per heavy atom. The van der Waals surface area contributed by atoms with E-state index in [1.165, 1.54) is 6.21 Å². The summed E-state index contributed by atoms with van der Waals surface area (Å²) < 4.78 is 16.8. The third kappa shape index (κ3) is 6.84. The van der Waals surface area contributed by atoms with Crippen LogP contribution in [-0.2, 0) is 6.61 Å². The highest BCUT2D eigenvalue weighted by Gasteiger charge is 2.07. The first-order chi connectivity index (χ1) is 16.1. The molecule has 3 aromatic carbocycles. The van der Waals surface area contributed by atoms with Crippen molar-refractivity contribution in [1.29, 1.82) is 5.26 Å². The molecule has 0 aliphatic rings. The van der Waals surface area contributed by atoms with Crippen molar-refractivity contribution in [2.75, 3.05) is 13.7 Å². The predicted molar refractivity (Wildman–Crippen MR) is 126 cm³/mol. The first-order valence-electron chi connectivity index (χ1n) is 10.5. The summed E-state index contributed by atoms with van der Waals surface area (Å²) in [6.45, 7) is 2.97. The van der Waals surface area contributed by atoms with Crippen LogP contribution >= 0.6 is 0 Å². The van der Waals surface area contributed by atoms with E-state index < -0.39 is 0 Å². The number of ether oxygens (including phenoxy) is 3. The lowest BCUT2D eigenvalue weighted by Gasteiger charge is -2.11. The van der Waals surface area contributed by atoms with Gasteiger partial charge in [-0.2, -0.15) is 10.4 Å². The summed E-state index contributed by atoms with van der Waals surface area (Å²) in [6.07, 6.45) is 2.45. The number of hydrogen-bond acceptors (Lipinski definition) is 6. The van der Waals surface area contributed by atoms with Crippen molar-refractivity contribution >= 4 is 12.1 Å². The molecule has 0 aromatic heterocycles. The first-order valence-corrected chi connectivity index (χ1v) is 10.5. The third-order valence-electron chi connectivity index (χ3n) is 4.61. The fourth-order valence-electron chi connectivity index (χ4n) is 2.93. The topological polar surface area (TPSA) is 92.9 Å². The zero-order valence-electron chi connectivity index (χ0n) is 18.6. The molecule has 0 spiro atoms. The van der Waals surface area contributed by atoms with Gasteiger partial charge in [0.1, 0.15) is 12.4 Å². The predicted octanol–water partition coefficient (Wildman–Crippen LogP) is 4.70. The number of amides is 1. The zero-order chi connectivity index (χ0) is 23.5. The molecule has 0 fully saturated rings. The van der Waals surface area contributed by atoms with Gasteiger partial charge in [-0.05, 0) is 72.1 Å². The number of carbonyl (C=O) groups excluding carboxylic acids is 1. The summed E-state index contributed by atoms with van der Waals surface area (Å²) >= 11 is 0. The molecule has 0 heterocycles. The van der Waals surface area contributed by atoms with Gasteiger partial charge in [-0.1, -0.05) is 19.1 Å². The van der Waals surface area contributed by atoms with E-state index in [-0.39, 0.29) is 5.91 Å². The molecule has 0 atom stereocenters. The molecule has 3 aromatic rings. The number of hydrazone groups is 1. The van der Waals surface area contributed by atoms with Crippen LogP contribution in [0.4, 0.5) is 0 Å². The molecular weight excluding hydrogens is 418 g/mol. The van der Waals surface area contributed by atoms with Gasteiger partial charge < -0.3 is 14.2 Å². The van der Waals surface area contributed by atoms with Crippen molar-refractivity contribution in [1.82, 2.24) is 5.43 Å². The minimum Gasteiger partial charge on any atom is -0.494 e. The van der Waals surface area contributed by atoms with Crippen LogP contribution in [0.1, 0.15) is 40.4 Å². The van der Waals surface area contributed by atoms with Crippen molar-refractivity contribution in [3.8, 4) is 23.3 Å². The van der Waals surface area contributed by atoms with Crippen LogP contribution in [-0.4, -0.2) is 25.8 Å². The summed E-state index contributed by atoms with van der Waals surface area (Å²) in [7, 11) is 1.55. The Bertz CT molecular complexity index is 1150. The Balaban J connectivity index is 1.58. The number of nitrogens with one attached hydrogen (secondary N) is 1. The van der Waals surface area contributed by atoms with E-state index in [1.54, 1.807) is 61.7 Å². The van der Waals surface area contributed by atoms with E-state index in [2.05, 4.69) is 16.6 Å². The number of carbonyl (C=O) groups is 1. The monoisotopic (exact) mass is 443 g/mol. The molecule has 1 N–H and O–H groups in total. The van der Waals surface area contributed by atoms with Crippen LogP contribution in [0.2, 0.25) is 0 Å². The highest BCUT2D eigenvalue weighted by molar-refractivity contribution is 5.95. The fourth-order valence-corrected chi connectivity index (χ4v) is 2.93. The highest BCUT2D eigenvalue weighted by atomic mass is 16.5. The molecule has 0 aliphatic heterocycles. The van der Waals surface area contributed by atoms with Crippen LogP contribution in [0.3, 0.4) is 0 Å². The number of nitriles is 1. The standard InChI is InChI=1S/C26H25N3O4/c1-3-13-32-23-10-8-22(9-11-23)26(30)29-28-17-20-7-12-24(25(15-20)31-2)33-18-21-6-4-5-19(14-21)16-27/h4-12,14-15,17H,3,13,18H2,1-2H3,(H,29,30)/b28-17+. The second-order valence-corrected chi connectivity index (χ2v) is 7.08. The molecule has 3 rings (SSSR count). The lowest BCUT2D eigenvalue weighted by molar-refractivity contribution is 0.0955. The average molecular weight is 444 g/mol. The number of nitrogens with zero attached hydrogens (tertiary/aromatic N) is 2. The largest absolute Gasteiger partial charge is 0.494 e. The first kappa shape index (κ1) is 23.4. The third-order valence-corrected chi connectivity index (χ3v) is 4.61. The molecule has 1 amide bonds. The summed E-state index contributed by atoms with van der Waals surface area (Å²) in [5, 5.41) is 13.0. The van der Waals surface area contributed by atoms with E-state index >= 15 is 0 Å². The summed E-state index contributed by atoms with van der Waals surface area (Å²) in [4.78, 5) is 12.3. The maximum Gasteiger partial charge on any atom is 0.271 e.